The molecule has 3 rings (SSSR count). The highest BCUT2D eigenvalue weighted by Gasteiger charge is 2.25. The molecule has 0 spiro atoms. The van der Waals surface area contributed by atoms with Crippen LogP contribution in [0.1, 0.15) is 50.2 Å². The van der Waals surface area contributed by atoms with Crippen molar-refractivity contribution in [2.75, 3.05) is 6.61 Å². The minimum absolute atomic E-state index is 0.241. The van der Waals surface area contributed by atoms with Crippen molar-refractivity contribution in [3.8, 4) is 0 Å². The molecule has 2 aliphatic rings. The molecule has 2 unspecified atom stereocenters. The van der Waals surface area contributed by atoms with Crippen LogP contribution in [0.4, 0.5) is 0 Å². The van der Waals surface area contributed by atoms with Crippen LogP contribution in [-0.2, 0) is 17.6 Å². The Bertz CT molecular complexity index is 395. The molecule has 1 saturated carbocycles. The van der Waals surface area contributed by atoms with E-state index in [4.69, 9.17) is 9.26 Å². The molecule has 2 heterocycles. The van der Waals surface area contributed by atoms with Gasteiger partial charge >= 0.3 is 0 Å². The number of rotatable bonds is 5. The third-order valence-electron chi connectivity index (χ3n) is 4.27. The number of nitrogens with zero attached hydrogens (tertiary/aromatic N) is 2. The van der Waals surface area contributed by atoms with Crippen molar-refractivity contribution in [3.63, 3.8) is 0 Å². The zero-order valence-electron chi connectivity index (χ0n) is 11.3. The smallest absolute Gasteiger partial charge is 0.229 e. The summed E-state index contributed by atoms with van der Waals surface area (Å²) in [6.07, 6.45) is 8.03. The predicted octanol–water partition coefficient (Wildman–Crippen LogP) is 1.88. The van der Waals surface area contributed by atoms with Crippen molar-refractivity contribution >= 4 is 0 Å². The molecular formula is C14H22N2O3. The fourth-order valence-corrected chi connectivity index (χ4v) is 3.15. The number of ether oxygens (including phenoxy) is 1. The van der Waals surface area contributed by atoms with Crippen LogP contribution >= 0.6 is 0 Å². The maximum absolute atomic E-state index is 10.1. The first-order valence-corrected chi connectivity index (χ1v) is 7.42. The third kappa shape index (κ3) is 3.34. The largest absolute Gasteiger partial charge is 0.392 e. The van der Waals surface area contributed by atoms with Crippen LogP contribution in [0.3, 0.4) is 0 Å². The van der Waals surface area contributed by atoms with E-state index in [-0.39, 0.29) is 12.2 Å². The van der Waals surface area contributed by atoms with E-state index in [1.807, 2.05) is 0 Å². The maximum Gasteiger partial charge on any atom is 0.229 e. The molecule has 2 atom stereocenters. The van der Waals surface area contributed by atoms with Gasteiger partial charge in [-0.15, -0.1) is 0 Å². The lowest BCUT2D eigenvalue weighted by Crippen LogP contribution is -2.20. The number of aliphatic hydroxyl groups is 1. The highest BCUT2D eigenvalue weighted by molar-refractivity contribution is 4.92. The molecule has 0 radical (unpaired) electrons. The van der Waals surface area contributed by atoms with Gasteiger partial charge in [0.2, 0.25) is 5.89 Å². The van der Waals surface area contributed by atoms with E-state index in [9.17, 15) is 5.11 Å². The second-order valence-corrected chi connectivity index (χ2v) is 5.76. The van der Waals surface area contributed by atoms with Gasteiger partial charge in [0, 0.05) is 13.0 Å². The van der Waals surface area contributed by atoms with Crippen LogP contribution < -0.4 is 0 Å². The first-order chi connectivity index (χ1) is 9.31. The summed E-state index contributed by atoms with van der Waals surface area (Å²) in [6, 6.07) is 0. The predicted molar refractivity (Wildman–Crippen MR) is 68.6 cm³/mol. The van der Waals surface area contributed by atoms with Gasteiger partial charge in [0.1, 0.15) is 0 Å². The van der Waals surface area contributed by atoms with Crippen LogP contribution in [0.5, 0.6) is 0 Å². The molecule has 106 valence electrons. The quantitative estimate of drug-likeness (QED) is 0.881. The van der Waals surface area contributed by atoms with E-state index in [2.05, 4.69) is 10.1 Å². The van der Waals surface area contributed by atoms with Crippen LogP contribution in [0, 0.1) is 5.92 Å². The van der Waals surface area contributed by atoms with Gasteiger partial charge in [-0.25, -0.2) is 0 Å². The molecule has 2 fully saturated rings. The fraction of sp³-hybridized carbons (Fsp3) is 0.857. The summed E-state index contributed by atoms with van der Waals surface area (Å²) in [5, 5.41) is 14.1. The molecular weight excluding hydrogens is 244 g/mol. The zero-order valence-corrected chi connectivity index (χ0v) is 11.3. The zero-order chi connectivity index (χ0) is 13.1. The summed E-state index contributed by atoms with van der Waals surface area (Å²) in [7, 11) is 0. The van der Waals surface area contributed by atoms with Gasteiger partial charge < -0.3 is 14.4 Å². The van der Waals surface area contributed by atoms with Crippen molar-refractivity contribution < 1.29 is 14.4 Å². The molecule has 1 aliphatic heterocycles. The minimum Gasteiger partial charge on any atom is -0.392 e. The molecule has 19 heavy (non-hydrogen) atoms. The molecule has 0 amide bonds. The summed E-state index contributed by atoms with van der Waals surface area (Å²) in [5.41, 5.74) is 0. The lowest BCUT2D eigenvalue weighted by atomic mass is 9.98. The number of aliphatic hydroxyl groups excluding tert-OH is 1. The van der Waals surface area contributed by atoms with Crippen LogP contribution in [0.15, 0.2) is 4.52 Å². The SMILES string of the molecule is OC(Cc1nc(CC2CCCO2)no1)C1CCCC1. The van der Waals surface area contributed by atoms with Gasteiger partial charge in [0.05, 0.1) is 18.6 Å². The standard InChI is InChI=1S/C14H22N2O3/c17-12(10-4-1-2-5-10)9-14-15-13(16-19-14)8-11-6-3-7-18-11/h10-12,17H,1-9H2. The molecule has 1 aliphatic carbocycles. The van der Waals surface area contributed by atoms with Gasteiger partial charge in [0.15, 0.2) is 5.82 Å². The Morgan fingerprint density at radius 2 is 2.05 bits per heavy atom. The molecule has 0 aromatic carbocycles. The van der Waals surface area contributed by atoms with Crippen molar-refractivity contribution in [2.24, 2.45) is 5.92 Å². The first kappa shape index (κ1) is 13.1. The monoisotopic (exact) mass is 266 g/mol. The van der Waals surface area contributed by atoms with Crippen LogP contribution in [-0.4, -0.2) is 34.1 Å². The minimum atomic E-state index is -0.335. The highest BCUT2D eigenvalue weighted by Crippen LogP contribution is 2.29. The number of aromatic nitrogens is 2. The molecule has 5 nitrogen and oxygen atoms in total. The van der Waals surface area contributed by atoms with Gasteiger partial charge in [-0.2, -0.15) is 4.98 Å². The molecule has 1 N–H and O–H groups in total. The van der Waals surface area contributed by atoms with Gasteiger partial charge in [-0.05, 0) is 31.6 Å². The average molecular weight is 266 g/mol. The topological polar surface area (TPSA) is 68.4 Å². The van der Waals surface area contributed by atoms with E-state index < -0.39 is 0 Å². The van der Waals surface area contributed by atoms with E-state index in [1.54, 1.807) is 0 Å². The lowest BCUT2D eigenvalue weighted by molar-refractivity contribution is 0.102. The van der Waals surface area contributed by atoms with Crippen molar-refractivity contribution in [1.82, 2.24) is 10.1 Å². The average Bonchev–Trinajstić information content (AvgIpc) is 3.10. The van der Waals surface area contributed by atoms with Crippen LogP contribution in [0.25, 0.3) is 0 Å². The van der Waals surface area contributed by atoms with E-state index in [1.165, 1.54) is 12.8 Å². The van der Waals surface area contributed by atoms with Crippen LogP contribution in [0.2, 0.25) is 0 Å². The fourth-order valence-electron chi connectivity index (χ4n) is 3.15. The normalized spacial score (nSPS) is 26.1. The third-order valence-corrected chi connectivity index (χ3v) is 4.27. The lowest BCUT2D eigenvalue weighted by Gasteiger charge is -2.14. The maximum atomic E-state index is 10.1. The van der Waals surface area contributed by atoms with Crippen molar-refractivity contribution in [2.45, 2.75) is 63.6 Å². The summed E-state index contributed by atoms with van der Waals surface area (Å²) in [5.74, 6) is 1.68. The Morgan fingerprint density at radius 3 is 2.79 bits per heavy atom. The van der Waals surface area contributed by atoms with Gasteiger partial charge in [-0.3, -0.25) is 0 Å². The molecule has 1 aromatic heterocycles. The Labute approximate surface area is 113 Å². The van der Waals surface area contributed by atoms with Gasteiger partial charge in [-0.1, -0.05) is 18.0 Å². The second kappa shape index (κ2) is 6.01. The number of hydrogen-bond donors (Lipinski definition) is 1. The summed E-state index contributed by atoms with van der Waals surface area (Å²) < 4.78 is 10.8. The highest BCUT2D eigenvalue weighted by atomic mass is 16.5. The summed E-state index contributed by atoms with van der Waals surface area (Å²) >= 11 is 0. The molecule has 5 heteroatoms. The molecule has 1 saturated heterocycles. The first-order valence-electron chi connectivity index (χ1n) is 7.42. The van der Waals surface area contributed by atoms with E-state index in [0.717, 1.165) is 38.7 Å². The Balaban J connectivity index is 1.52. The van der Waals surface area contributed by atoms with E-state index >= 15 is 0 Å². The molecule has 1 aromatic rings. The molecule has 0 bridgehead atoms. The van der Waals surface area contributed by atoms with Gasteiger partial charge in [0.25, 0.3) is 0 Å². The summed E-state index contributed by atoms with van der Waals surface area (Å²) in [4.78, 5) is 4.37. The Kier molecular flexibility index (Phi) is 4.13. The summed E-state index contributed by atoms with van der Waals surface area (Å²) in [6.45, 7) is 0.843. The van der Waals surface area contributed by atoms with Crippen molar-refractivity contribution in [1.29, 1.82) is 0 Å². The number of hydrogen-bond acceptors (Lipinski definition) is 5. The second-order valence-electron chi connectivity index (χ2n) is 5.76. The Hall–Kier alpha value is -0.940. The van der Waals surface area contributed by atoms with Crippen molar-refractivity contribution in [3.05, 3.63) is 11.7 Å². The Morgan fingerprint density at radius 1 is 1.21 bits per heavy atom. The van der Waals surface area contributed by atoms with E-state index in [0.29, 0.717) is 24.1 Å².